The van der Waals surface area contributed by atoms with Crippen LogP contribution in [0.3, 0.4) is 0 Å². The molecular formula is C13H13F2NO4. The molecule has 1 aromatic rings. The molecule has 5 nitrogen and oxygen atoms in total. The number of ether oxygens (including phenoxy) is 1. The van der Waals surface area contributed by atoms with Crippen LogP contribution in [0.25, 0.3) is 0 Å². The highest BCUT2D eigenvalue weighted by atomic mass is 19.1. The number of aliphatic carboxylic acids is 1. The lowest BCUT2D eigenvalue weighted by atomic mass is 9.91. The maximum atomic E-state index is 13.7. The van der Waals surface area contributed by atoms with E-state index in [2.05, 4.69) is 11.3 Å². The number of carboxylic acid groups (broad SMARTS) is 1. The van der Waals surface area contributed by atoms with Crippen molar-refractivity contribution in [1.29, 1.82) is 0 Å². The van der Waals surface area contributed by atoms with Gasteiger partial charge in [-0.25, -0.2) is 18.4 Å². The molecule has 20 heavy (non-hydrogen) atoms. The van der Waals surface area contributed by atoms with Crippen molar-refractivity contribution in [3.63, 3.8) is 0 Å². The Labute approximate surface area is 113 Å². The molecular weight excluding hydrogens is 272 g/mol. The Morgan fingerprint density at radius 3 is 2.70 bits per heavy atom. The quantitative estimate of drug-likeness (QED) is 0.813. The largest absolute Gasteiger partial charge is 0.479 e. The molecule has 0 aliphatic heterocycles. The number of amides is 1. The minimum atomic E-state index is -2.16. The van der Waals surface area contributed by atoms with E-state index in [1.807, 2.05) is 5.32 Å². The lowest BCUT2D eigenvalue weighted by Gasteiger charge is -2.26. The highest BCUT2D eigenvalue weighted by molar-refractivity contribution is 5.85. The zero-order chi connectivity index (χ0) is 15.3. The molecule has 0 aromatic heterocycles. The summed E-state index contributed by atoms with van der Waals surface area (Å²) in [5, 5.41) is 11.2. The third kappa shape index (κ3) is 3.31. The van der Waals surface area contributed by atoms with Crippen LogP contribution < -0.4 is 5.32 Å². The van der Waals surface area contributed by atoms with Crippen LogP contribution in [0.4, 0.5) is 13.6 Å². The Balaban J connectivity index is 3.14. The molecule has 7 heteroatoms. The Bertz CT molecular complexity index is 547. The van der Waals surface area contributed by atoms with Gasteiger partial charge in [0.15, 0.2) is 5.54 Å². The van der Waals surface area contributed by atoms with E-state index < -0.39 is 34.8 Å². The normalized spacial score (nSPS) is 13.2. The van der Waals surface area contributed by atoms with Gasteiger partial charge < -0.3 is 15.2 Å². The Kier molecular flexibility index (Phi) is 4.79. The number of benzene rings is 1. The molecule has 0 radical (unpaired) electrons. The first-order valence-electron chi connectivity index (χ1n) is 5.56. The molecule has 108 valence electrons. The maximum Gasteiger partial charge on any atom is 0.408 e. The fourth-order valence-corrected chi connectivity index (χ4v) is 1.49. The van der Waals surface area contributed by atoms with E-state index in [0.717, 1.165) is 19.1 Å². The third-order valence-corrected chi connectivity index (χ3v) is 2.58. The summed E-state index contributed by atoms with van der Waals surface area (Å²) in [5.41, 5.74) is -2.68. The van der Waals surface area contributed by atoms with Crippen molar-refractivity contribution in [3.05, 3.63) is 48.1 Å². The zero-order valence-electron chi connectivity index (χ0n) is 10.7. The van der Waals surface area contributed by atoms with Gasteiger partial charge in [-0.3, -0.25) is 0 Å². The minimum absolute atomic E-state index is 0.146. The van der Waals surface area contributed by atoms with Gasteiger partial charge in [0, 0.05) is 5.56 Å². The molecule has 0 fully saturated rings. The van der Waals surface area contributed by atoms with E-state index in [-0.39, 0.29) is 6.61 Å². The molecule has 1 aromatic carbocycles. The number of alkyl carbamates (subject to hydrolysis) is 1. The second-order valence-corrected chi connectivity index (χ2v) is 4.07. The van der Waals surface area contributed by atoms with E-state index in [0.29, 0.717) is 6.07 Å². The van der Waals surface area contributed by atoms with Crippen LogP contribution in [0.15, 0.2) is 30.9 Å². The predicted molar refractivity (Wildman–Crippen MR) is 66.0 cm³/mol. The van der Waals surface area contributed by atoms with Crippen molar-refractivity contribution in [2.45, 2.75) is 12.5 Å². The van der Waals surface area contributed by atoms with Crippen molar-refractivity contribution >= 4 is 12.1 Å². The van der Waals surface area contributed by atoms with E-state index in [1.54, 1.807) is 0 Å². The molecule has 0 saturated heterocycles. The highest BCUT2D eigenvalue weighted by Crippen LogP contribution is 2.25. The van der Waals surface area contributed by atoms with Crippen LogP contribution in [-0.4, -0.2) is 23.8 Å². The van der Waals surface area contributed by atoms with E-state index in [1.165, 1.54) is 6.08 Å². The van der Waals surface area contributed by atoms with Gasteiger partial charge in [-0.1, -0.05) is 12.7 Å². The topological polar surface area (TPSA) is 75.6 Å². The van der Waals surface area contributed by atoms with Crippen molar-refractivity contribution in [2.75, 3.05) is 6.61 Å². The van der Waals surface area contributed by atoms with Crippen molar-refractivity contribution in [2.24, 2.45) is 0 Å². The first-order chi connectivity index (χ1) is 9.31. The SMILES string of the molecule is C=CCOC(=O)NC(C)(C(=O)O)c1cc(F)ccc1F. The van der Waals surface area contributed by atoms with Crippen LogP contribution in [0.2, 0.25) is 0 Å². The molecule has 0 bridgehead atoms. The summed E-state index contributed by atoms with van der Waals surface area (Å²) in [6, 6.07) is 2.33. The standard InChI is InChI=1S/C13H13F2NO4/c1-3-6-20-12(19)16-13(2,11(17)18)9-7-8(14)4-5-10(9)15/h3-5,7H,1,6H2,2H3,(H,16,19)(H,17,18). The fraction of sp³-hybridized carbons (Fsp3) is 0.231. The van der Waals surface area contributed by atoms with Crippen LogP contribution >= 0.6 is 0 Å². The van der Waals surface area contributed by atoms with Crippen molar-refractivity contribution < 1.29 is 28.2 Å². The van der Waals surface area contributed by atoms with Crippen molar-refractivity contribution in [1.82, 2.24) is 5.32 Å². The van der Waals surface area contributed by atoms with E-state index in [9.17, 15) is 23.5 Å². The van der Waals surface area contributed by atoms with Gasteiger partial charge in [-0.2, -0.15) is 0 Å². The second-order valence-electron chi connectivity index (χ2n) is 4.07. The predicted octanol–water partition coefficient (Wildman–Crippen LogP) is 2.18. The molecule has 1 atom stereocenters. The number of carbonyl (C=O) groups is 2. The monoisotopic (exact) mass is 285 g/mol. The first kappa shape index (κ1) is 15.6. The summed E-state index contributed by atoms with van der Waals surface area (Å²) in [5.74, 6) is -3.34. The van der Waals surface area contributed by atoms with Crippen LogP contribution in [0, 0.1) is 11.6 Å². The van der Waals surface area contributed by atoms with Crippen LogP contribution in [0.1, 0.15) is 12.5 Å². The van der Waals surface area contributed by atoms with Gasteiger partial charge in [-0.05, 0) is 25.1 Å². The Morgan fingerprint density at radius 2 is 2.15 bits per heavy atom. The number of carboxylic acids is 1. The molecule has 0 heterocycles. The molecule has 0 saturated carbocycles. The molecule has 0 aliphatic rings. The third-order valence-electron chi connectivity index (χ3n) is 2.58. The molecule has 0 aliphatic carbocycles. The van der Waals surface area contributed by atoms with Crippen molar-refractivity contribution in [3.8, 4) is 0 Å². The Hall–Kier alpha value is -2.44. The summed E-state index contributed by atoms with van der Waals surface area (Å²) >= 11 is 0. The number of rotatable bonds is 5. The molecule has 0 spiro atoms. The zero-order valence-corrected chi connectivity index (χ0v) is 10.7. The fourth-order valence-electron chi connectivity index (χ4n) is 1.49. The van der Waals surface area contributed by atoms with Crippen LogP contribution in [0.5, 0.6) is 0 Å². The van der Waals surface area contributed by atoms with Gasteiger partial charge in [0.05, 0.1) is 0 Å². The molecule has 1 rings (SSSR count). The lowest BCUT2D eigenvalue weighted by Crippen LogP contribution is -2.50. The second kappa shape index (κ2) is 6.14. The Morgan fingerprint density at radius 1 is 1.50 bits per heavy atom. The highest BCUT2D eigenvalue weighted by Gasteiger charge is 2.40. The number of hydrogen-bond donors (Lipinski definition) is 2. The van der Waals surface area contributed by atoms with Gasteiger partial charge in [-0.15, -0.1) is 0 Å². The summed E-state index contributed by atoms with van der Waals surface area (Å²) in [4.78, 5) is 22.7. The first-order valence-corrected chi connectivity index (χ1v) is 5.56. The average molecular weight is 285 g/mol. The molecule has 1 unspecified atom stereocenters. The average Bonchev–Trinajstić information content (AvgIpc) is 2.38. The summed E-state index contributed by atoms with van der Waals surface area (Å²) in [6.45, 7) is 4.20. The minimum Gasteiger partial charge on any atom is -0.479 e. The van der Waals surface area contributed by atoms with E-state index >= 15 is 0 Å². The number of hydrogen-bond acceptors (Lipinski definition) is 3. The summed E-state index contributed by atoms with van der Waals surface area (Å²) in [6.07, 6.45) is 0.193. The van der Waals surface area contributed by atoms with Gasteiger partial charge >= 0.3 is 12.1 Å². The summed E-state index contributed by atoms with van der Waals surface area (Å²) in [7, 11) is 0. The number of nitrogens with one attached hydrogen (secondary N) is 1. The maximum absolute atomic E-state index is 13.7. The van der Waals surface area contributed by atoms with Gasteiger partial charge in [0.2, 0.25) is 0 Å². The molecule has 2 N–H and O–H groups in total. The smallest absolute Gasteiger partial charge is 0.408 e. The van der Waals surface area contributed by atoms with Crippen LogP contribution in [-0.2, 0) is 15.1 Å². The van der Waals surface area contributed by atoms with Gasteiger partial charge in [0.25, 0.3) is 0 Å². The molecule has 1 amide bonds. The lowest BCUT2D eigenvalue weighted by molar-refractivity contribution is -0.144. The number of carbonyl (C=O) groups excluding carboxylic acids is 1. The van der Waals surface area contributed by atoms with E-state index in [4.69, 9.17) is 0 Å². The number of halogens is 2. The van der Waals surface area contributed by atoms with Gasteiger partial charge in [0.1, 0.15) is 18.2 Å². The summed E-state index contributed by atoms with van der Waals surface area (Å²) < 4.78 is 31.4.